The van der Waals surface area contributed by atoms with Crippen LogP contribution in [0.3, 0.4) is 0 Å². The summed E-state index contributed by atoms with van der Waals surface area (Å²) < 4.78 is 0. The van der Waals surface area contributed by atoms with Crippen LogP contribution in [0.15, 0.2) is 18.3 Å². The molecule has 0 saturated heterocycles. The first kappa shape index (κ1) is 10.7. The standard InChI is InChI=1S/C10H15N5O/c11-15-9-5-8(3-4-12-9)13-6-10(16)14-7-1-2-7/h3-5,7H,1-2,6,11H2,(H,14,16)(H2,12,13,15). The quantitative estimate of drug-likeness (QED) is 0.417. The summed E-state index contributed by atoms with van der Waals surface area (Å²) in [5.74, 6) is 5.81. The summed E-state index contributed by atoms with van der Waals surface area (Å²) in [5.41, 5.74) is 3.26. The topological polar surface area (TPSA) is 92.1 Å². The van der Waals surface area contributed by atoms with E-state index in [0.717, 1.165) is 18.5 Å². The highest BCUT2D eigenvalue weighted by atomic mass is 16.2. The van der Waals surface area contributed by atoms with Gasteiger partial charge in [0.15, 0.2) is 0 Å². The second kappa shape index (κ2) is 4.80. The molecule has 0 radical (unpaired) electrons. The number of nitrogen functional groups attached to an aromatic ring is 1. The lowest BCUT2D eigenvalue weighted by Gasteiger charge is -2.07. The Balaban J connectivity index is 1.80. The Hall–Kier alpha value is -1.82. The molecule has 16 heavy (non-hydrogen) atoms. The molecule has 1 heterocycles. The zero-order chi connectivity index (χ0) is 11.4. The van der Waals surface area contributed by atoms with Crippen molar-refractivity contribution in [2.75, 3.05) is 17.3 Å². The molecule has 0 unspecified atom stereocenters. The number of hydrogen-bond donors (Lipinski definition) is 4. The zero-order valence-electron chi connectivity index (χ0n) is 8.86. The summed E-state index contributed by atoms with van der Waals surface area (Å²) in [7, 11) is 0. The number of rotatable bonds is 5. The van der Waals surface area contributed by atoms with Crippen LogP contribution in [0.25, 0.3) is 0 Å². The van der Waals surface area contributed by atoms with Gasteiger partial charge in [0.2, 0.25) is 5.91 Å². The van der Waals surface area contributed by atoms with E-state index in [-0.39, 0.29) is 12.5 Å². The average Bonchev–Trinajstić information content (AvgIpc) is 3.10. The van der Waals surface area contributed by atoms with Crippen molar-refractivity contribution in [1.29, 1.82) is 0 Å². The molecule has 86 valence electrons. The number of pyridine rings is 1. The minimum absolute atomic E-state index is 0.0153. The van der Waals surface area contributed by atoms with E-state index in [9.17, 15) is 4.79 Å². The molecule has 2 rings (SSSR count). The lowest BCUT2D eigenvalue weighted by atomic mass is 10.4. The molecule has 0 bridgehead atoms. The van der Waals surface area contributed by atoms with Crippen LogP contribution in [0.1, 0.15) is 12.8 Å². The van der Waals surface area contributed by atoms with Crippen LogP contribution >= 0.6 is 0 Å². The van der Waals surface area contributed by atoms with Gasteiger partial charge < -0.3 is 16.1 Å². The van der Waals surface area contributed by atoms with Crippen LogP contribution in [0.4, 0.5) is 11.5 Å². The van der Waals surface area contributed by atoms with Crippen molar-refractivity contribution in [3.8, 4) is 0 Å². The van der Waals surface area contributed by atoms with Gasteiger partial charge in [0.1, 0.15) is 5.82 Å². The van der Waals surface area contributed by atoms with Crippen LogP contribution in [0, 0.1) is 0 Å². The monoisotopic (exact) mass is 221 g/mol. The van der Waals surface area contributed by atoms with E-state index >= 15 is 0 Å². The minimum atomic E-state index is 0.0153. The van der Waals surface area contributed by atoms with E-state index < -0.39 is 0 Å². The molecule has 6 nitrogen and oxygen atoms in total. The number of amides is 1. The van der Waals surface area contributed by atoms with Crippen molar-refractivity contribution < 1.29 is 4.79 Å². The van der Waals surface area contributed by atoms with Crippen molar-refractivity contribution in [3.63, 3.8) is 0 Å². The van der Waals surface area contributed by atoms with Gasteiger partial charge in [-0.05, 0) is 18.9 Å². The molecule has 1 aliphatic rings. The summed E-state index contributed by atoms with van der Waals surface area (Å²) in [6.45, 7) is 0.268. The number of aromatic nitrogens is 1. The number of carbonyl (C=O) groups is 1. The molecule has 1 aromatic heterocycles. The molecule has 5 N–H and O–H groups in total. The van der Waals surface area contributed by atoms with Gasteiger partial charge in [0, 0.05) is 24.0 Å². The van der Waals surface area contributed by atoms with Gasteiger partial charge in [-0.3, -0.25) is 4.79 Å². The van der Waals surface area contributed by atoms with Gasteiger partial charge in [-0.1, -0.05) is 0 Å². The van der Waals surface area contributed by atoms with Gasteiger partial charge in [-0.2, -0.15) is 0 Å². The fraction of sp³-hybridized carbons (Fsp3) is 0.400. The lowest BCUT2D eigenvalue weighted by Crippen LogP contribution is -2.31. The van der Waals surface area contributed by atoms with Gasteiger partial charge in [0.25, 0.3) is 0 Å². The normalized spacial score (nSPS) is 14.3. The third-order valence-electron chi connectivity index (χ3n) is 2.30. The third-order valence-corrected chi connectivity index (χ3v) is 2.30. The second-order valence-electron chi connectivity index (χ2n) is 3.77. The third kappa shape index (κ3) is 3.09. The van der Waals surface area contributed by atoms with Crippen molar-refractivity contribution in [2.45, 2.75) is 18.9 Å². The SMILES string of the molecule is NNc1cc(NCC(=O)NC2CC2)ccn1. The molecule has 1 aliphatic carbocycles. The number of nitrogens with zero attached hydrogens (tertiary/aromatic N) is 1. The van der Waals surface area contributed by atoms with Crippen LogP contribution in [-0.2, 0) is 4.79 Å². The van der Waals surface area contributed by atoms with E-state index in [1.54, 1.807) is 18.3 Å². The Bertz CT molecular complexity index is 377. The minimum Gasteiger partial charge on any atom is -0.376 e. The Morgan fingerprint density at radius 2 is 2.38 bits per heavy atom. The van der Waals surface area contributed by atoms with Crippen LogP contribution < -0.4 is 21.9 Å². The Kier molecular flexibility index (Phi) is 3.21. The fourth-order valence-corrected chi connectivity index (χ4v) is 1.31. The molecule has 0 aliphatic heterocycles. The Morgan fingerprint density at radius 3 is 3.06 bits per heavy atom. The number of nitrogens with one attached hydrogen (secondary N) is 3. The van der Waals surface area contributed by atoms with E-state index in [4.69, 9.17) is 5.84 Å². The molecule has 1 aromatic rings. The van der Waals surface area contributed by atoms with Crippen molar-refractivity contribution in [3.05, 3.63) is 18.3 Å². The summed E-state index contributed by atoms with van der Waals surface area (Å²) in [4.78, 5) is 15.4. The maximum absolute atomic E-state index is 11.4. The van der Waals surface area contributed by atoms with Crippen LogP contribution in [-0.4, -0.2) is 23.5 Å². The molecular weight excluding hydrogens is 206 g/mol. The van der Waals surface area contributed by atoms with Crippen LogP contribution in [0.5, 0.6) is 0 Å². The van der Waals surface area contributed by atoms with E-state index in [1.165, 1.54) is 0 Å². The zero-order valence-corrected chi connectivity index (χ0v) is 8.86. The maximum Gasteiger partial charge on any atom is 0.239 e. The van der Waals surface area contributed by atoms with E-state index in [0.29, 0.717) is 11.9 Å². The van der Waals surface area contributed by atoms with E-state index in [2.05, 4.69) is 21.0 Å². The van der Waals surface area contributed by atoms with Gasteiger partial charge in [0.05, 0.1) is 6.54 Å². The second-order valence-corrected chi connectivity index (χ2v) is 3.77. The predicted molar refractivity (Wildman–Crippen MR) is 61.7 cm³/mol. The molecule has 0 spiro atoms. The van der Waals surface area contributed by atoms with Gasteiger partial charge in [-0.25, -0.2) is 10.8 Å². The number of hydrogen-bond acceptors (Lipinski definition) is 5. The summed E-state index contributed by atoms with van der Waals surface area (Å²) >= 11 is 0. The molecule has 1 saturated carbocycles. The number of carbonyl (C=O) groups excluding carboxylic acids is 1. The molecule has 0 atom stereocenters. The molecule has 0 aromatic carbocycles. The first-order chi connectivity index (χ1) is 7.78. The summed E-state index contributed by atoms with van der Waals surface area (Å²) in [5, 5.41) is 5.90. The summed E-state index contributed by atoms with van der Waals surface area (Å²) in [6, 6.07) is 3.92. The first-order valence-electron chi connectivity index (χ1n) is 5.24. The van der Waals surface area contributed by atoms with Crippen LogP contribution in [0.2, 0.25) is 0 Å². The highest BCUT2D eigenvalue weighted by molar-refractivity contribution is 5.81. The Morgan fingerprint density at radius 1 is 1.56 bits per heavy atom. The number of nitrogens with two attached hydrogens (primary N) is 1. The molecule has 1 fully saturated rings. The number of anilines is 2. The predicted octanol–water partition coefficient (Wildman–Crippen LogP) is 0.0577. The molecular formula is C10H15N5O. The number of hydrazine groups is 1. The largest absolute Gasteiger partial charge is 0.376 e. The van der Waals surface area contributed by atoms with Crippen molar-refractivity contribution in [2.24, 2.45) is 5.84 Å². The molecule has 1 amide bonds. The van der Waals surface area contributed by atoms with Crippen molar-refractivity contribution in [1.82, 2.24) is 10.3 Å². The smallest absolute Gasteiger partial charge is 0.239 e. The maximum atomic E-state index is 11.4. The average molecular weight is 221 g/mol. The van der Waals surface area contributed by atoms with Gasteiger partial charge in [-0.15, -0.1) is 0 Å². The Labute approximate surface area is 93.6 Å². The fourth-order valence-electron chi connectivity index (χ4n) is 1.31. The highest BCUT2D eigenvalue weighted by Gasteiger charge is 2.22. The highest BCUT2D eigenvalue weighted by Crippen LogP contribution is 2.18. The van der Waals surface area contributed by atoms with Crippen molar-refractivity contribution >= 4 is 17.4 Å². The summed E-state index contributed by atoms with van der Waals surface area (Å²) in [6.07, 6.45) is 3.82. The first-order valence-corrected chi connectivity index (χ1v) is 5.24. The van der Waals surface area contributed by atoms with Gasteiger partial charge >= 0.3 is 0 Å². The lowest BCUT2D eigenvalue weighted by molar-refractivity contribution is -0.119. The van der Waals surface area contributed by atoms with E-state index in [1.807, 2.05) is 0 Å². The molecule has 6 heteroatoms.